The van der Waals surface area contributed by atoms with E-state index >= 15 is 0 Å². The second-order valence-electron chi connectivity index (χ2n) is 4.18. The average Bonchev–Trinajstić information content (AvgIpc) is 2.20. The van der Waals surface area contributed by atoms with Gasteiger partial charge in [-0.05, 0) is 37.8 Å². The zero-order chi connectivity index (χ0) is 11.8. The van der Waals surface area contributed by atoms with Crippen molar-refractivity contribution in [1.29, 1.82) is 0 Å². The monoisotopic (exact) mass is 237 g/mol. The van der Waals surface area contributed by atoms with Crippen molar-refractivity contribution >= 4 is 17.7 Å². The van der Waals surface area contributed by atoms with Gasteiger partial charge in [-0.1, -0.05) is 17.7 Å². The molecule has 1 fully saturated rings. The standard InChI is InChI=1S/C12H12ClNO2/c1-8-3-4-9(13)11(16)10(8)12(14-7-15)5-2-6-12/h3-4,16H,2,5-6H2,1H3. The summed E-state index contributed by atoms with van der Waals surface area (Å²) in [4.78, 5) is 14.4. The smallest absolute Gasteiger partial charge is 0.235 e. The van der Waals surface area contributed by atoms with Crippen molar-refractivity contribution < 1.29 is 9.90 Å². The average molecular weight is 238 g/mol. The molecule has 16 heavy (non-hydrogen) atoms. The minimum Gasteiger partial charge on any atom is -0.506 e. The molecule has 0 spiro atoms. The van der Waals surface area contributed by atoms with Crippen LogP contribution in [0.5, 0.6) is 5.75 Å². The van der Waals surface area contributed by atoms with Gasteiger partial charge in [0.1, 0.15) is 11.3 Å². The number of phenols is 1. The summed E-state index contributed by atoms with van der Waals surface area (Å²) in [6, 6.07) is 3.48. The molecule has 0 atom stereocenters. The molecule has 4 heteroatoms. The van der Waals surface area contributed by atoms with E-state index in [9.17, 15) is 9.90 Å². The lowest BCUT2D eigenvalue weighted by molar-refractivity contribution is 0.246. The Morgan fingerprint density at radius 1 is 1.50 bits per heavy atom. The van der Waals surface area contributed by atoms with Gasteiger partial charge in [0.15, 0.2) is 0 Å². The third-order valence-corrected chi connectivity index (χ3v) is 3.55. The summed E-state index contributed by atoms with van der Waals surface area (Å²) in [5.41, 5.74) is 0.982. The van der Waals surface area contributed by atoms with Crippen molar-refractivity contribution in [2.24, 2.45) is 4.99 Å². The van der Waals surface area contributed by atoms with E-state index in [-0.39, 0.29) is 5.75 Å². The first-order valence-electron chi connectivity index (χ1n) is 5.18. The molecular formula is C12H12ClNO2. The van der Waals surface area contributed by atoms with Gasteiger partial charge in [0, 0.05) is 5.56 Å². The van der Waals surface area contributed by atoms with E-state index in [1.54, 1.807) is 12.1 Å². The third kappa shape index (κ3) is 1.53. The van der Waals surface area contributed by atoms with Crippen LogP contribution in [-0.4, -0.2) is 11.2 Å². The normalized spacial score (nSPS) is 17.4. The van der Waals surface area contributed by atoms with Crippen LogP contribution in [0, 0.1) is 6.92 Å². The number of isocyanates is 1. The topological polar surface area (TPSA) is 49.7 Å². The van der Waals surface area contributed by atoms with Gasteiger partial charge in [-0.3, -0.25) is 0 Å². The van der Waals surface area contributed by atoms with Crippen LogP contribution in [-0.2, 0) is 10.3 Å². The molecule has 2 rings (SSSR count). The molecule has 0 bridgehead atoms. The number of phenolic OH excluding ortho intramolecular Hbond substituents is 1. The first-order valence-corrected chi connectivity index (χ1v) is 5.56. The maximum absolute atomic E-state index is 10.5. The lowest BCUT2D eigenvalue weighted by atomic mass is 9.70. The van der Waals surface area contributed by atoms with E-state index in [1.165, 1.54) is 0 Å². The first kappa shape index (κ1) is 11.2. The minimum absolute atomic E-state index is 0.0420. The van der Waals surface area contributed by atoms with E-state index in [1.807, 2.05) is 13.0 Å². The van der Waals surface area contributed by atoms with Gasteiger partial charge < -0.3 is 5.11 Å². The molecule has 1 N–H and O–H groups in total. The quantitative estimate of drug-likeness (QED) is 0.635. The molecule has 0 heterocycles. The third-order valence-electron chi connectivity index (χ3n) is 3.24. The van der Waals surface area contributed by atoms with Crippen molar-refractivity contribution in [2.45, 2.75) is 31.7 Å². The Morgan fingerprint density at radius 3 is 2.69 bits per heavy atom. The predicted molar refractivity (Wildman–Crippen MR) is 61.5 cm³/mol. The van der Waals surface area contributed by atoms with E-state index < -0.39 is 5.54 Å². The van der Waals surface area contributed by atoms with Crippen molar-refractivity contribution in [1.82, 2.24) is 0 Å². The Morgan fingerprint density at radius 2 is 2.19 bits per heavy atom. The Bertz CT molecular complexity index is 474. The first-order chi connectivity index (χ1) is 7.60. The van der Waals surface area contributed by atoms with Crippen LogP contribution >= 0.6 is 11.6 Å². The Balaban J connectivity index is 2.62. The molecule has 1 saturated carbocycles. The van der Waals surface area contributed by atoms with E-state index in [0.717, 1.165) is 24.8 Å². The maximum atomic E-state index is 10.5. The largest absolute Gasteiger partial charge is 0.506 e. The molecule has 1 aromatic rings. The molecule has 1 aromatic carbocycles. The maximum Gasteiger partial charge on any atom is 0.235 e. The molecule has 1 aliphatic carbocycles. The molecule has 1 aliphatic rings. The highest BCUT2D eigenvalue weighted by Gasteiger charge is 2.42. The van der Waals surface area contributed by atoms with Crippen molar-refractivity contribution in [3.05, 3.63) is 28.3 Å². The SMILES string of the molecule is Cc1ccc(Cl)c(O)c1C1(N=C=O)CCC1. The summed E-state index contributed by atoms with van der Waals surface area (Å²) in [6.45, 7) is 1.88. The van der Waals surface area contributed by atoms with E-state index in [0.29, 0.717) is 10.6 Å². The summed E-state index contributed by atoms with van der Waals surface area (Å²) in [7, 11) is 0. The Hall–Kier alpha value is -1.31. The number of carbonyl (C=O) groups excluding carboxylic acids is 1. The van der Waals surface area contributed by atoms with Crippen molar-refractivity contribution in [2.75, 3.05) is 0 Å². The molecular weight excluding hydrogens is 226 g/mol. The van der Waals surface area contributed by atoms with Gasteiger partial charge in [-0.25, -0.2) is 4.79 Å². The van der Waals surface area contributed by atoms with Crippen LogP contribution in [0.1, 0.15) is 30.4 Å². The number of rotatable bonds is 2. The van der Waals surface area contributed by atoms with Gasteiger partial charge >= 0.3 is 0 Å². The van der Waals surface area contributed by atoms with Crippen molar-refractivity contribution in [3.8, 4) is 5.75 Å². The number of aromatic hydroxyl groups is 1. The molecule has 0 amide bonds. The number of benzene rings is 1. The molecule has 0 unspecified atom stereocenters. The summed E-state index contributed by atoms with van der Waals surface area (Å²) >= 11 is 5.88. The summed E-state index contributed by atoms with van der Waals surface area (Å²) in [6.07, 6.45) is 4.12. The molecule has 84 valence electrons. The van der Waals surface area contributed by atoms with E-state index in [4.69, 9.17) is 11.6 Å². The fourth-order valence-electron chi connectivity index (χ4n) is 2.27. The molecule has 3 nitrogen and oxygen atoms in total. The molecule has 0 saturated heterocycles. The summed E-state index contributed by atoms with van der Waals surface area (Å²) in [5, 5.41) is 10.3. The van der Waals surface area contributed by atoms with Gasteiger partial charge in [0.25, 0.3) is 0 Å². The number of hydrogen-bond acceptors (Lipinski definition) is 3. The second-order valence-corrected chi connectivity index (χ2v) is 4.58. The summed E-state index contributed by atoms with van der Waals surface area (Å²) in [5.74, 6) is 0.0420. The van der Waals surface area contributed by atoms with Crippen LogP contribution in [0.4, 0.5) is 0 Å². The zero-order valence-electron chi connectivity index (χ0n) is 8.96. The highest BCUT2D eigenvalue weighted by molar-refractivity contribution is 6.32. The zero-order valence-corrected chi connectivity index (χ0v) is 9.71. The summed E-state index contributed by atoms with van der Waals surface area (Å²) < 4.78 is 0. The second kappa shape index (κ2) is 3.93. The number of hydrogen-bond donors (Lipinski definition) is 1. The van der Waals surface area contributed by atoms with Crippen LogP contribution in [0.2, 0.25) is 5.02 Å². The van der Waals surface area contributed by atoms with E-state index in [2.05, 4.69) is 4.99 Å². The fraction of sp³-hybridized carbons (Fsp3) is 0.417. The highest BCUT2D eigenvalue weighted by atomic mass is 35.5. The van der Waals surface area contributed by atoms with Gasteiger partial charge in [0.2, 0.25) is 6.08 Å². The lowest BCUT2D eigenvalue weighted by Crippen LogP contribution is -2.32. The van der Waals surface area contributed by atoms with Crippen LogP contribution in [0.15, 0.2) is 17.1 Å². The van der Waals surface area contributed by atoms with Crippen LogP contribution in [0.3, 0.4) is 0 Å². The Labute approximate surface area is 98.8 Å². The van der Waals surface area contributed by atoms with Gasteiger partial charge in [-0.2, -0.15) is 4.99 Å². The van der Waals surface area contributed by atoms with Gasteiger partial charge in [-0.15, -0.1) is 0 Å². The molecule has 0 aliphatic heterocycles. The van der Waals surface area contributed by atoms with Crippen LogP contribution in [0.25, 0.3) is 0 Å². The fourth-order valence-corrected chi connectivity index (χ4v) is 2.43. The Kier molecular flexibility index (Phi) is 2.75. The molecule has 0 aromatic heterocycles. The van der Waals surface area contributed by atoms with Crippen LogP contribution < -0.4 is 0 Å². The minimum atomic E-state index is -0.596. The number of aliphatic imine (C=N–C) groups is 1. The molecule has 0 radical (unpaired) electrons. The number of nitrogens with zero attached hydrogens (tertiary/aromatic N) is 1. The predicted octanol–water partition coefficient (Wildman–Crippen LogP) is 3.07. The van der Waals surface area contributed by atoms with Crippen molar-refractivity contribution in [3.63, 3.8) is 0 Å². The van der Waals surface area contributed by atoms with Gasteiger partial charge in [0.05, 0.1) is 5.02 Å². The number of halogens is 1. The lowest BCUT2D eigenvalue weighted by Gasteiger charge is -2.38. The highest BCUT2D eigenvalue weighted by Crippen LogP contribution is 2.50. The number of aryl methyl sites for hydroxylation is 1.